The Morgan fingerprint density at radius 3 is 2.46 bits per heavy atom. The lowest BCUT2D eigenvalue weighted by Gasteiger charge is -2.36. The van der Waals surface area contributed by atoms with Gasteiger partial charge >= 0.3 is 0 Å². The number of aromatic nitrogens is 1. The molecule has 146 valence electrons. The quantitative estimate of drug-likeness (QED) is 0.567. The second-order valence-corrected chi connectivity index (χ2v) is 7.55. The van der Waals surface area contributed by atoms with Crippen LogP contribution in [-0.4, -0.2) is 55.6 Å². The van der Waals surface area contributed by atoms with Crippen LogP contribution in [-0.2, 0) is 0 Å². The highest BCUT2D eigenvalue weighted by Crippen LogP contribution is 2.26. The van der Waals surface area contributed by atoms with Crippen molar-refractivity contribution in [3.63, 3.8) is 0 Å². The molecule has 2 aromatic carbocycles. The zero-order valence-electron chi connectivity index (χ0n) is 16.3. The molecule has 3 aromatic rings. The summed E-state index contributed by atoms with van der Waals surface area (Å²) < 4.78 is 5.29. The summed E-state index contributed by atoms with van der Waals surface area (Å²) in [6, 6.07) is 18.9. The van der Waals surface area contributed by atoms with Gasteiger partial charge < -0.3 is 9.64 Å². The summed E-state index contributed by atoms with van der Waals surface area (Å²) >= 11 is 5.81. The largest absolute Gasteiger partial charge is 0.497 e. The molecule has 1 fully saturated rings. The van der Waals surface area contributed by atoms with E-state index in [9.17, 15) is 0 Å². The second kappa shape index (κ2) is 8.80. The first-order valence-electron chi connectivity index (χ1n) is 9.85. The molecule has 4 nitrogen and oxygen atoms in total. The highest BCUT2D eigenvalue weighted by atomic mass is 35.5. The molecule has 0 unspecified atom stereocenters. The molecule has 1 aliphatic rings. The minimum atomic E-state index is 0.748. The Bertz CT molecular complexity index is 921. The average Bonchev–Trinajstić information content (AvgIpc) is 2.77. The van der Waals surface area contributed by atoms with E-state index < -0.39 is 0 Å². The van der Waals surface area contributed by atoms with E-state index in [1.165, 1.54) is 5.69 Å². The highest BCUT2D eigenvalue weighted by Gasteiger charge is 2.16. The summed E-state index contributed by atoms with van der Waals surface area (Å²) in [6.45, 7) is 5.45. The molecule has 4 rings (SSSR count). The Labute approximate surface area is 171 Å². The van der Waals surface area contributed by atoms with Crippen molar-refractivity contribution < 1.29 is 4.74 Å². The van der Waals surface area contributed by atoms with Gasteiger partial charge in [0.15, 0.2) is 0 Å². The van der Waals surface area contributed by atoms with Crippen molar-refractivity contribution >= 4 is 28.2 Å². The van der Waals surface area contributed by atoms with Crippen molar-refractivity contribution in [2.45, 2.75) is 6.42 Å². The topological polar surface area (TPSA) is 28.6 Å². The van der Waals surface area contributed by atoms with Crippen LogP contribution in [0.2, 0.25) is 0 Å². The Kier molecular flexibility index (Phi) is 5.98. The van der Waals surface area contributed by atoms with Crippen LogP contribution < -0.4 is 9.64 Å². The number of nitrogens with zero attached hydrogens (tertiary/aromatic N) is 3. The van der Waals surface area contributed by atoms with Gasteiger partial charge in [-0.15, -0.1) is 11.6 Å². The van der Waals surface area contributed by atoms with Crippen LogP contribution in [0.1, 0.15) is 6.42 Å². The fraction of sp³-hybridized carbons (Fsp3) is 0.348. The fourth-order valence-corrected chi connectivity index (χ4v) is 3.87. The third-order valence-electron chi connectivity index (χ3n) is 5.40. The van der Waals surface area contributed by atoms with E-state index in [1.54, 1.807) is 7.11 Å². The fourth-order valence-electron chi connectivity index (χ4n) is 3.75. The lowest BCUT2D eigenvalue weighted by atomic mass is 10.1. The number of pyridine rings is 1. The summed E-state index contributed by atoms with van der Waals surface area (Å²) in [4.78, 5) is 9.78. The summed E-state index contributed by atoms with van der Waals surface area (Å²) in [7, 11) is 1.68. The average molecular weight is 396 g/mol. The van der Waals surface area contributed by atoms with Gasteiger partial charge in [-0.05, 0) is 49.4 Å². The maximum Gasteiger partial charge on any atom is 0.119 e. The lowest BCUT2D eigenvalue weighted by Crippen LogP contribution is -2.46. The Morgan fingerprint density at radius 2 is 1.75 bits per heavy atom. The number of rotatable bonds is 6. The van der Waals surface area contributed by atoms with Crippen LogP contribution in [0.3, 0.4) is 0 Å². The molecule has 0 radical (unpaired) electrons. The van der Waals surface area contributed by atoms with Crippen LogP contribution in [0.4, 0.5) is 5.69 Å². The molecule has 28 heavy (non-hydrogen) atoms. The molecule has 0 amide bonds. The zero-order valence-corrected chi connectivity index (χ0v) is 17.0. The van der Waals surface area contributed by atoms with Crippen molar-refractivity contribution in [2.75, 3.05) is 50.6 Å². The van der Waals surface area contributed by atoms with Gasteiger partial charge in [-0.2, -0.15) is 0 Å². The molecule has 5 heteroatoms. The third-order valence-corrected chi connectivity index (χ3v) is 5.67. The van der Waals surface area contributed by atoms with Gasteiger partial charge in [0, 0.05) is 48.7 Å². The van der Waals surface area contributed by atoms with Crippen LogP contribution in [0, 0.1) is 0 Å². The number of fused-ring (bicyclic) bond motifs is 1. The van der Waals surface area contributed by atoms with Crippen LogP contribution in [0.15, 0.2) is 54.6 Å². The van der Waals surface area contributed by atoms with E-state index >= 15 is 0 Å². The molecule has 1 saturated heterocycles. The maximum atomic E-state index is 5.81. The van der Waals surface area contributed by atoms with Crippen molar-refractivity contribution in [2.24, 2.45) is 0 Å². The smallest absolute Gasteiger partial charge is 0.119 e. The molecule has 2 heterocycles. The number of ether oxygens (including phenoxy) is 1. The number of alkyl halides is 1. The molecule has 0 atom stereocenters. The van der Waals surface area contributed by atoms with Gasteiger partial charge in [0.05, 0.1) is 18.3 Å². The van der Waals surface area contributed by atoms with E-state index in [0.717, 1.165) is 72.9 Å². The summed E-state index contributed by atoms with van der Waals surface area (Å²) in [6.07, 6.45) is 1.07. The maximum absolute atomic E-state index is 5.81. The third kappa shape index (κ3) is 4.23. The van der Waals surface area contributed by atoms with Crippen LogP contribution in [0.25, 0.3) is 22.2 Å². The number of hydrogen-bond acceptors (Lipinski definition) is 4. The predicted octanol–water partition coefficient (Wildman–Crippen LogP) is 4.66. The first kappa shape index (κ1) is 19.0. The van der Waals surface area contributed by atoms with Gasteiger partial charge in [-0.3, -0.25) is 4.90 Å². The number of hydrogen-bond donors (Lipinski definition) is 0. The SMILES string of the molecule is COc1ccc2nc(-c3ccc(N4CCN(CCCCl)CC4)cc3)ccc2c1. The zero-order chi connectivity index (χ0) is 19.3. The van der Waals surface area contributed by atoms with E-state index in [4.69, 9.17) is 21.3 Å². The molecule has 0 N–H and O–H groups in total. The Morgan fingerprint density at radius 1 is 0.964 bits per heavy atom. The minimum Gasteiger partial charge on any atom is -0.497 e. The first-order chi connectivity index (χ1) is 13.8. The number of halogens is 1. The minimum absolute atomic E-state index is 0.748. The Hall–Kier alpha value is -2.30. The summed E-state index contributed by atoms with van der Waals surface area (Å²) in [5.74, 6) is 1.60. The van der Waals surface area contributed by atoms with Gasteiger partial charge in [0.2, 0.25) is 0 Å². The van der Waals surface area contributed by atoms with E-state index in [2.05, 4.69) is 46.2 Å². The van der Waals surface area contributed by atoms with Gasteiger partial charge in [-0.25, -0.2) is 4.98 Å². The highest BCUT2D eigenvalue weighted by molar-refractivity contribution is 6.17. The van der Waals surface area contributed by atoms with Crippen molar-refractivity contribution in [1.82, 2.24) is 9.88 Å². The molecular formula is C23H26ClN3O. The summed E-state index contributed by atoms with van der Waals surface area (Å²) in [5.41, 5.74) is 4.40. The lowest BCUT2D eigenvalue weighted by molar-refractivity contribution is 0.259. The number of methoxy groups -OCH3 is 1. The van der Waals surface area contributed by atoms with Gasteiger partial charge in [0.1, 0.15) is 5.75 Å². The molecule has 0 aliphatic carbocycles. The van der Waals surface area contributed by atoms with E-state index in [1.807, 2.05) is 18.2 Å². The van der Waals surface area contributed by atoms with E-state index in [-0.39, 0.29) is 0 Å². The van der Waals surface area contributed by atoms with Crippen molar-refractivity contribution in [3.05, 3.63) is 54.6 Å². The van der Waals surface area contributed by atoms with Crippen molar-refractivity contribution in [3.8, 4) is 17.0 Å². The number of piperazine rings is 1. The van der Waals surface area contributed by atoms with Gasteiger partial charge in [0.25, 0.3) is 0 Å². The van der Waals surface area contributed by atoms with Crippen LogP contribution in [0.5, 0.6) is 5.75 Å². The predicted molar refractivity (Wildman–Crippen MR) is 118 cm³/mol. The van der Waals surface area contributed by atoms with E-state index in [0.29, 0.717) is 0 Å². The molecule has 1 aliphatic heterocycles. The van der Waals surface area contributed by atoms with Crippen molar-refractivity contribution in [1.29, 1.82) is 0 Å². The monoisotopic (exact) mass is 395 g/mol. The molecular weight excluding hydrogens is 370 g/mol. The first-order valence-corrected chi connectivity index (χ1v) is 10.4. The standard InChI is InChI=1S/C23H26ClN3O/c1-28-21-8-10-23-19(17-21)5-9-22(25-23)18-3-6-20(7-4-18)27-15-13-26(14-16-27)12-2-11-24/h3-10,17H,2,11-16H2,1H3. The normalized spacial score (nSPS) is 15.1. The molecule has 1 aromatic heterocycles. The molecule has 0 saturated carbocycles. The summed E-state index contributed by atoms with van der Waals surface area (Å²) in [5, 5.41) is 1.09. The number of anilines is 1. The van der Waals surface area contributed by atoms with Crippen LogP contribution >= 0.6 is 11.6 Å². The number of benzene rings is 2. The Balaban J connectivity index is 1.45. The second-order valence-electron chi connectivity index (χ2n) is 7.17. The molecule has 0 bridgehead atoms. The molecule has 0 spiro atoms. The van der Waals surface area contributed by atoms with Gasteiger partial charge in [-0.1, -0.05) is 18.2 Å².